The molecule has 1 aliphatic rings. The Bertz CT molecular complexity index is 724. The van der Waals surface area contributed by atoms with Crippen LogP contribution in [0.15, 0.2) is 23.3 Å². The van der Waals surface area contributed by atoms with E-state index in [2.05, 4.69) is 39.0 Å². The first-order chi connectivity index (χ1) is 9.38. The highest BCUT2D eigenvalue weighted by Gasteiger charge is 2.14. The van der Waals surface area contributed by atoms with Crippen LogP contribution in [0.2, 0.25) is 0 Å². The van der Waals surface area contributed by atoms with Gasteiger partial charge in [-0.25, -0.2) is 0 Å². The Kier molecular flexibility index (Phi) is 3.14. The molecule has 3 rings (SSSR count). The van der Waals surface area contributed by atoms with Gasteiger partial charge in [-0.05, 0) is 55.0 Å². The van der Waals surface area contributed by atoms with E-state index in [1.807, 2.05) is 6.07 Å². The van der Waals surface area contributed by atoms with Crippen molar-refractivity contribution in [2.75, 3.05) is 6.54 Å². The molecule has 94 valence electrons. The van der Waals surface area contributed by atoms with Crippen LogP contribution in [0.4, 0.5) is 0 Å². The molecule has 0 saturated carbocycles. The summed E-state index contributed by atoms with van der Waals surface area (Å²) >= 11 is 0. The summed E-state index contributed by atoms with van der Waals surface area (Å²) in [5, 5.41) is 4.71. The van der Waals surface area contributed by atoms with Crippen molar-refractivity contribution >= 4 is 10.9 Å². The van der Waals surface area contributed by atoms with Crippen molar-refractivity contribution in [2.24, 2.45) is 5.11 Å². The van der Waals surface area contributed by atoms with E-state index in [0.717, 1.165) is 18.4 Å². The van der Waals surface area contributed by atoms with Crippen molar-refractivity contribution in [2.45, 2.75) is 25.7 Å². The van der Waals surface area contributed by atoms with E-state index in [1.165, 1.54) is 35.0 Å². The lowest BCUT2D eigenvalue weighted by molar-refractivity contribution is 0.680. The summed E-state index contributed by atoms with van der Waals surface area (Å²) in [7, 11) is 0. The molecule has 4 heteroatoms. The van der Waals surface area contributed by atoms with E-state index in [0.29, 0.717) is 0 Å². The van der Waals surface area contributed by atoms with Gasteiger partial charge in [0, 0.05) is 27.1 Å². The number of rotatable bonds is 1. The molecule has 0 aliphatic heterocycles. The van der Waals surface area contributed by atoms with Crippen LogP contribution in [0.1, 0.15) is 29.7 Å². The number of benzene rings is 1. The standard InChI is InChI=1S/C15H14N4/c16-19-17-9-3-4-11-7-8-15-13(10-11)12-5-1-2-6-14(12)18-15/h7-8,10,18H,1-2,5-6,9H2. The van der Waals surface area contributed by atoms with Gasteiger partial charge in [0.2, 0.25) is 0 Å². The van der Waals surface area contributed by atoms with Crippen molar-refractivity contribution in [1.82, 2.24) is 4.98 Å². The Balaban J connectivity index is 1.99. The van der Waals surface area contributed by atoms with Gasteiger partial charge >= 0.3 is 0 Å². The number of hydrogen-bond acceptors (Lipinski definition) is 1. The number of azide groups is 1. The second kappa shape index (κ2) is 5.09. The number of hydrogen-bond donors (Lipinski definition) is 1. The summed E-state index contributed by atoms with van der Waals surface area (Å²) in [5.74, 6) is 5.90. The first-order valence-corrected chi connectivity index (χ1v) is 6.51. The Morgan fingerprint density at radius 2 is 2.21 bits per heavy atom. The van der Waals surface area contributed by atoms with Gasteiger partial charge in [-0.15, -0.1) is 0 Å². The number of aryl methyl sites for hydroxylation is 2. The number of H-pyrrole nitrogens is 1. The third-order valence-corrected chi connectivity index (χ3v) is 3.54. The average molecular weight is 250 g/mol. The molecule has 0 atom stereocenters. The minimum atomic E-state index is 0.222. The Hall–Kier alpha value is -2.37. The minimum absolute atomic E-state index is 0.222. The quantitative estimate of drug-likeness (QED) is 0.347. The summed E-state index contributed by atoms with van der Waals surface area (Å²) in [5.41, 5.74) is 13.2. The molecule has 0 saturated heterocycles. The molecule has 1 N–H and O–H groups in total. The smallest absolute Gasteiger partial charge is 0.0880 e. The second-order valence-corrected chi connectivity index (χ2v) is 4.74. The average Bonchev–Trinajstić information content (AvgIpc) is 2.82. The zero-order chi connectivity index (χ0) is 13.1. The summed E-state index contributed by atoms with van der Waals surface area (Å²) in [6.45, 7) is 0.222. The molecule has 0 bridgehead atoms. The van der Waals surface area contributed by atoms with E-state index < -0.39 is 0 Å². The van der Waals surface area contributed by atoms with E-state index in [1.54, 1.807) is 0 Å². The molecule has 0 unspecified atom stereocenters. The predicted molar refractivity (Wildman–Crippen MR) is 75.8 cm³/mol. The van der Waals surface area contributed by atoms with Gasteiger partial charge in [0.05, 0.1) is 6.54 Å². The normalized spacial score (nSPS) is 13.3. The maximum atomic E-state index is 8.20. The molecule has 1 heterocycles. The fourth-order valence-corrected chi connectivity index (χ4v) is 2.69. The number of aromatic nitrogens is 1. The van der Waals surface area contributed by atoms with E-state index in [9.17, 15) is 0 Å². The molecule has 2 aromatic rings. The van der Waals surface area contributed by atoms with Gasteiger partial charge in [0.25, 0.3) is 0 Å². The minimum Gasteiger partial charge on any atom is -0.358 e. The van der Waals surface area contributed by atoms with Crippen LogP contribution < -0.4 is 0 Å². The molecule has 0 spiro atoms. The van der Waals surface area contributed by atoms with Crippen molar-refractivity contribution in [3.8, 4) is 11.8 Å². The molecule has 1 aliphatic carbocycles. The summed E-state index contributed by atoms with van der Waals surface area (Å²) in [6.07, 6.45) is 4.86. The highest BCUT2D eigenvalue weighted by Crippen LogP contribution is 2.29. The molecular weight excluding hydrogens is 236 g/mol. The van der Waals surface area contributed by atoms with Crippen molar-refractivity contribution in [1.29, 1.82) is 0 Å². The van der Waals surface area contributed by atoms with Crippen molar-refractivity contribution in [3.05, 3.63) is 45.5 Å². The van der Waals surface area contributed by atoms with Crippen LogP contribution in [-0.2, 0) is 12.8 Å². The van der Waals surface area contributed by atoms with Crippen LogP contribution in [0.5, 0.6) is 0 Å². The Morgan fingerprint density at radius 3 is 3.11 bits per heavy atom. The first kappa shape index (κ1) is 11.7. The molecular formula is C15H14N4. The van der Waals surface area contributed by atoms with Crippen LogP contribution in [0.3, 0.4) is 0 Å². The molecule has 1 aromatic carbocycles. The third kappa shape index (κ3) is 2.29. The van der Waals surface area contributed by atoms with E-state index >= 15 is 0 Å². The zero-order valence-electron chi connectivity index (χ0n) is 10.6. The summed E-state index contributed by atoms with van der Waals surface area (Å²) in [6, 6.07) is 6.23. The Labute approximate surface area is 111 Å². The highest BCUT2D eigenvalue weighted by molar-refractivity contribution is 5.86. The van der Waals surface area contributed by atoms with E-state index in [-0.39, 0.29) is 6.54 Å². The summed E-state index contributed by atoms with van der Waals surface area (Å²) < 4.78 is 0. The van der Waals surface area contributed by atoms with E-state index in [4.69, 9.17) is 5.53 Å². The Morgan fingerprint density at radius 1 is 1.32 bits per heavy atom. The van der Waals surface area contributed by atoms with Gasteiger partial charge in [-0.1, -0.05) is 17.0 Å². The lowest BCUT2D eigenvalue weighted by atomic mass is 9.95. The van der Waals surface area contributed by atoms with Crippen LogP contribution in [0.25, 0.3) is 21.3 Å². The fourth-order valence-electron chi connectivity index (χ4n) is 2.69. The maximum absolute atomic E-state index is 8.20. The number of nitrogens with one attached hydrogen (secondary N) is 1. The number of fused-ring (bicyclic) bond motifs is 3. The van der Waals surface area contributed by atoms with Gasteiger partial charge in [0.1, 0.15) is 0 Å². The zero-order valence-corrected chi connectivity index (χ0v) is 10.6. The largest absolute Gasteiger partial charge is 0.358 e. The predicted octanol–water partition coefficient (Wildman–Crippen LogP) is 3.71. The van der Waals surface area contributed by atoms with Gasteiger partial charge in [0.15, 0.2) is 0 Å². The third-order valence-electron chi connectivity index (χ3n) is 3.54. The van der Waals surface area contributed by atoms with Gasteiger partial charge < -0.3 is 4.98 Å². The summed E-state index contributed by atoms with van der Waals surface area (Å²) in [4.78, 5) is 6.19. The van der Waals surface area contributed by atoms with Crippen LogP contribution in [-0.4, -0.2) is 11.5 Å². The van der Waals surface area contributed by atoms with Crippen molar-refractivity contribution in [3.63, 3.8) is 0 Å². The molecule has 4 nitrogen and oxygen atoms in total. The highest BCUT2D eigenvalue weighted by atomic mass is 15.1. The lowest BCUT2D eigenvalue weighted by Gasteiger charge is -2.10. The molecule has 0 fully saturated rings. The van der Waals surface area contributed by atoms with Crippen LogP contribution >= 0.6 is 0 Å². The van der Waals surface area contributed by atoms with Crippen LogP contribution in [0, 0.1) is 11.8 Å². The first-order valence-electron chi connectivity index (χ1n) is 6.51. The molecule has 0 amide bonds. The van der Waals surface area contributed by atoms with Gasteiger partial charge in [-0.3, -0.25) is 0 Å². The number of nitrogens with zero attached hydrogens (tertiary/aromatic N) is 3. The number of aromatic amines is 1. The topological polar surface area (TPSA) is 64.6 Å². The molecule has 0 radical (unpaired) electrons. The molecule has 1 aromatic heterocycles. The monoisotopic (exact) mass is 250 g/mol. The second-order valence-electron chi connectivity index (χ2n) is 4.74. The fraction of sp³-hybridized carbons (Fsp3) is 0.333. The molecule has 19 heavy (non-hydrogen) atoms. The van der Waals surface area contributed by atoms with Gasteiger partial charge in [-0.2, -0.15) is 0 Å². The maximum Gasteiger partial charge on any atom is 0.0880 e. The SMILES string of the molecule is [N-]=[N+]=NCC#Cc1ccc2[nH]c3c(c2c1)CCCC3. The lowest BCUT2D eigenvalue weighted by Crippen LogP contribution is -1.99. The van der Waals surface area contributed by atoms with Crippen molar-refractivity contribution < 1.29 is 0 Å².